The van der Waals surface area contributed by atoms with Gasteiger partial charge in [0.25, 0.3) is 0 Å². The van der Waals surface area contributed by atoms with E-state index in [9.17, 15) is 9.18 Å². The monoisotopic (exact) mass is 184 g/mol. The Balaban J connectivity index is 2.88. The molecule has 0 bridgehead atoms. The van der Waals surface area contributed by atoms with E-state index in [1.165, 1.54) is 6.92 Å². The van der Waals surface area contributed by atoms with Crippen molar-refractivity contribution in [3.63, 3.8) is 0 Å². The lowest BCUT2D eigenvalue weighted by Gasteiger charge is -2.01. The van der Waals surface area contributed by atoms with Gasteiger partial charge in [-0.2, -0.15) is 4.39 Å². The molecule has 0 radical (unpaired) electrons. The summed E-state index contributed by atoms with van der Waals surface area (Å²) >= 11 is 11.2. The van der Waals surface area contributed by atoms with E-state index in [1.54, 1.807) is 6.92 Å². The van der Waals surface area contributed by atoms with Crippen LogP contribution in [0.5, 0.6) is 0 Å². The third kappa shape index (κ3) is 0.665. The van der Waals surface area contributed by atoms with Crippen molar-refractivity contribution in [1.82, 2.24) is 0 Å². The maximum absolute atomic E-state index is 12.2. The Morgan fingerprint density at radius 1 is 1.60 bits per heavy atom. The number of alkyl halides is 2. The summed E-state index contributed by atoms with van der Waals surface area (Å²) in [6.45, 7) is 3.08. The van der Waals surface area contributed by atoms with Crippen molar-refractivity contribution in [1.29, 1.82) is 0 Å². The molecule has 2 atom stereocenters. The molecule has 2 unspecified atom stereocenters. The topological polar surface area (TPSA) is 17.1 Å². The molecule has 0 saturated heterocycles. The van der Waals surface area contributed by atoms with Gasteiger partial charge in [0.05, 0.1) is 5.41 Å². The highest BCUT2D eigenvalue weighted by Crippen LogP contribution is 2.69. The molecule has 0 aromatic rings. The highest BCUT2D eigenvalue weighted by molar-refractivity contribution is 6.53. The minimum atomic E-state index is -1.43. The van der Waals surface area contributed by atoms with Gasteiger partial charge in [-0.1, -0.05) is 6.92 Å². The van der Waals surface area contributed by atoms with E-state index in [-0.39, 0.29) is 5.92 Å². The van der Waals surface area contributed by atoms with Crippen LogP contribution in [0.3, 0.4) is 0 Å². The van der Waals surface area contributed by atoms with Crippen LogP contribution in [0.2, 0.25) is 0 Å². The van der Waals surface area contributed by atoms with Gasteiger partial charge >= 0.3 is 6.04 Å². The number of carbonyl (C=O) groups excluding carboxylic acids is 1. The van der Waals surface area contributed by atoms with Crippen LogP contribution in [-0.4, -0.2) is 10.4 Å². The van der Waals surface area contributed by atoms with Crippen molar-refractivity contribution in [2.45, 2.75) is 18.2 Å². The summed E-state index contributed by atoms with van der Waals surface area (Å²) in [6.07, 6.45) is 0. The second kappa shape index (κ2) is 1.86. The molecule has 0 heterocycles. The quantitative estimate of drug-likeness (QED) is 0.452. The standard InChI is InChI=1S/C6H7Cl2FO/c1-3-5(2,4(9)10)6(3,7)8/h3H,1-2H3. The van der Waals surface area contributed by atoms with Crippen LogP contribution in [0.1, 0.15) is 13.8 Å². The Bertz CT molecular complexity index is 192. The zero-order valence-electron chi connectivity index (χ0n) is 5.62. The van der Waals surface area contributed by atoms with Crippen LogP contribution in [0.15, 0.2) is 0 Å². The fraction of sp³-hybridized carbons (Fsp3) is 0.833. The predicted molar refractivity (Wildman–Crippen MR) is 37.8 cm³/mol. The highest BCUT2D eigenvalue weighted by atomic mass is 35.5. The molecular formula is C6H7Cl2FO. The summed E-state index contributed by atoms with van der Waals surface area (Å²) in [5.41, 5.74) is -1.17. The molecule has 4 heteroatoms. The van der Waals surface area contributed by atoms with E-state index in [1.807, 2.05) is 0 Å². The zero-order valence-corrected chi connectivity index (χ0v) is 7.13. The maximum atomic E-state index is 12.2. The van der Waals surface area contributed by atoms with Gasteiger partial charge in [0.2, 0.25) is 0 Å². The van der Waals surface area contributed by atoms with Crippen molar-refractivity contribution in [2.75, 3.05) is 0 Å². The molecule has 10 heavy (non-hydrogen) atoms. The third-order valence-corrected chi connectivity index (χ3v) is 3.87. The Morgan fingerprint density at radius 2 is 1.90 bits per heavy atom. The van der Waals surface area contributed by atoms with Gasteiger partial charge in [0, 0.05) is 5.92 Å². The summed E-state index contributed by atoms with van der Waals surface area (Å²) in [5, 5.41) is 0. The van der Waals surface area contributed by atoms with Crippen LogP contribution in [0.25, 0.3) is 0 Å². The second-order valence-corrected chi connectivity index (χ2v) is 4.21. The van der Waals surface area contributed by atoms with Crippen molar-refractivity contribution in [3.05, 3.63) is 0 Å². The number of hydrogen-bond acceptors (Lipinski definition) is 1. The number of rotatable bonds is 1. The van der Waals surface area contributed by atoms with E-state index in [4.69, 9.17) is 23.2 Å². The van der Waals surface area contributed by atoms with Gasteiger partial charge in [0.15, 0.2) is 0 Å². The molecule has 0 N–H and O–H groups in total. The minimum absolute atomic E-state index is 0.291. The Morgan fingerprint density at radius 3 is 1.90 bits per heavy atom. The first-order valence-corrected chi connectivity index (χ1v) is 3.68. The Hall–Kier alpha value is 0.180. The molecule has 1 nitrogen and oxygen atoms in total. The smallest absolute Gasteiger partial charge is 0.260 e. The molecule has 1 aliphatic rings. The summed E-state index contributed by atoms with van der Waals surface area (Å²) in [5.74, 6) is -0.291. The fourth-order valence-corrected chi connectivity index (χ4v) is 1.84. The lowest BCUT2D eigenvalue weighted by atomic mass is 10.1. The average Bonchev–Trinajstić information content (AvgIpc) is 2.16. The van der Waals surface area contributed by atoms with Crippen molar-refractivity contribution < 1.29 is 9.18 Å². The molecule has 58 valence electrons. The molecule has 0 amide bonds. The first kappa shape index (κ1) is 8.28. The molecule has 0 spiro atoms. The summed E-state index contributed by atoms with van der Waals surface area (Å²) in [4.78, 5) is 10.3. The summed E-state index contributed by atoms with van der Waals surface area (Å²) in [7, 11) is 0. The van der Waals surface area contributed by atoms with Gasteiger partial charge in [-0.05, 0) is 6.92 Å². The van der Waals surface area contributed by atoms with Gasteiger partial charge in [-0.25, -0.2) is 0 Å². The van der Waals surface area contributed by atoms with Crippen LogP contribution in [-0.2, 0) is 4.79 Å². The minimum Gasteiger partial charge on any atom is -0.260 e. The maximum Gasteiger partial charge on any atom is 0.310 e. The van der Waals surface area contributed by atoms with Gasteiger partial charge < -0.3 is 0 Å². The van der Waals surface area contributed by atoms with E-state index < -0.39 is 15.8 Å². The second-order valence-electron chi connectivity index (χ2n) is 2.82. The van der Waals surface area contributed by atoms with E-state index in [0.717, 1.165) is 0 Å². The number of carbonyl (C=O) groups is 1. The third-order valence-electron chi connectivity index (χ3n) is 2.43. The molecule has 0 aromatic heterocycles. The van der Waals surface area contributed by atoms with Gasteiger partial charge in [-0.3, -0.25) is 4.79 Å². The van der Waals surface area contributed by atoms with E-state index in [2.05, 4.69) is 0 Å². The molecule has 0 aromatic carbocycles. The molecule has 1 aliphatic carbocycles. The Kier molecular flexibility index (Phi) is 1.54. The van der Waals surface area contributed by atoms with Gasteiger partial charge in [-0.15, -0.1) is 23.2 Å². The van der Waals surface area contributed by atoms with Crippen LogP contribution < -0.4 is 0 Å². The molecule has 1 fully saturated rings. The first-order chi connectivity index (χ1) is 4.35. The fourth-order valence-electron chi connectivity index (χ4n) is 1.04. The Labute approximate surface area is 68.5 Å². The first-order valence-electron chi connectivity index (χ1n) is 2.93. The molecule has 1 rings (SSSR count). The normalized spacial score (nSPS) is 43.1. The molecule has 1 saturated carbocycles. The summed E-state index contributed by atoms with van der Waals surface area (Å²) < 4.78 is 11.0. The lowest BCUT2D eigenvalue weighted by Crippen LogP contribution is -2.13. The number of hydrogen-bond donors (Lipinski definition) is 0. The number of halogens is 3. The van der Waals surface area contributed by atoms with Crippen LogP contribution >= 0.6 is 23.2 Å². The van der Waals surface area contributed by atoms with E-state index >= 15 is 0 Å². The lowest BCUT2D eigenvalue weighted by molar-refractivity contribution is -0.134. The SMILES string of the molecule is CC1C(Cl)(Cl)C1(C)C(=O)F. The zero-order chi connectivity index (χ0) is 8.15. The van der Waals surface area contributed by atoms with Gasteiger partial charge in [0.1, 0.15) is 4.33 Å². The predicted octanol–water partition coefficient (Wildman–Crippen LogP) is 2.31. The average molecular weight is 185 g/mol. The van der Waals surface area contributed by atoms with Crippen molar-refractivity contribution in [2.24, 2.45) is 11.3 Å². The highest BCUT2D eigenvalue weighted by Gasteiger charge is 2.75. The largest absolute Gasteiger partial charge is 0.310 e. The van der Waals surface area contributed by atoms with Crippen molar-refractivity contribution >= 4 is 29.2 Å². The van der Waals surface area contributed by atoms with E-state index in [0.29, 0.717) is 0 Å². The van der Waals surface area contributed by atoms with Crippen LogP contribution in [0.4, 0.5) is 4.39 Å². The van der Waals surface area contributed by atoms with Crippen LogP contribution in [0, 0.1) is 11.3 Å². The van der Waals surface area contributed by atoms with Crippen molar-refractivity contribution in [3.8, 4) is 0 Å². The molecule has 0 aliphatic heterocycles. The molecular weight excluding hydrogens is 178 g/mol. The summed E-state index contributed by atoms with van der Waals surface area (Å²) in [6, 6.07) is -1.43.